The Labute approximate surface area is 194 Å². The Hall–Kier alpha value is -3.30. The molecule has 0 atom stereocenters. The Morgan fingerprint density at radius 3 is 2.38 bits per heavy atom. The molecule has 0 saturated carbocycles. The van der Waals surface area contributed by atoms with E-state index in [4.69, 9.17) is 0 Å². The molecule has 0 unspecified atom stereocenters. The highest BCUT2D eigenvalue weighted by atomic mass is 79.9. The smallest absolute Gasteiger partial charge is 0.0603 e. The molecule has 32 heavy (non-hydrogen) atoms. The summed E-state index contributed by atoms with van der Waals surface area (Å²) in [6, 6.07) is 30.9. The second-order valence-corrected chi connectivity index (χ2v) is 10.2. The second kappa shape index (κ2) is 6.14. The highest BCUT2D eigenvalue weighted by Crippen LogP contribution is 2.49. The number of rotatable bonds is 1. The number of nitrogens with zero attached hydrogens (tertiary/aromatic N) is 2. The van der Waals surface area contributed by atoms with Crippen molar-refractivity contribution in [2.45, 2.75) is 19.3 Å². The molecule has 0 saturated heterocycles. The van der Waals surface area contributed by atoms with Crippen LogP contribution in [0.1, 0.15) is 25.0 Å². The van der Waals surface area contributed by atoms with E-state index in [2.05, 4.69) is 130 Å². The average Bonchev–Trinajstić information content (AvgIpc) is 3.36. The lowest BCUT2D eigenvalue weighted by Crippen LogP contribution is -2.27. The molecule has 0 amide bonds. The Morgan fingerprint density at radius 1 is 0.750 bits per heavy atom. The largest absolute Gasteiger partial charge is 0.316 e. The maximum atomic E-state index is 3.71. The number of fused-ring (bicyclic) bond motifs is 6. The van der Waals surface area contributed by atoms with Crippen LogP contribution in [0.25, 0.3) is 44.1 Å². The summed E-state index contributed by atoms with van der Waals surface area (Å²) in [5.41, 5.74) is 8.95. The molecule has 2 aromatic heterocycles. The Balaban J connectivity index is 1.79. The van der Waals surface area contributed by atoms with Gasteiger partial charge in [-0.3, -0.25) is 0 Å². The zero-order valence-corrected chi connectivity index (χ0v) is 19.5. The van der Waals surface area contributed by atoms with E-state index in [1.807, 2.05) is 0 Å². The summed E-state index contributed by atoms with van der Waals surface area (Å²) in [5, 5.41) is 3.87. The van der Waals surface area contributed by atoms with Gasteiger partial charge < -0.3 is 9.13 Å². The third kappa shape index (κ3) is 2.19. The van der Waals surface area contributed by atoms with Crippen molar-refractivity contribution in [3.05, 3.63) is 107 Å². The van der Waals surface area contributed by atoms with E-state index < -0.39 is 0 Å². The lowest BCUT2D eigenvalue weighted by molar-refractivity contribution is 0.632. The van der Waals surface area contributed by atoms with Crippen molar-refractivity contribution >= 4 is 48.6 Å². The molecule has 2 nitrogen and oxygen atoms in total. The molecule has 0 spiro atoms. The first-order valence-corrected chi connectivity index (χ1v) is 11.8. The van der Waals surface area contributed by atoms with Crippen molar-refractivity contribution in [1.82, 2.24) is 9.13 Å². The molecular weight excluding hydrogens is 456 g/mol. The van der Waals surface area contributed by atoms with Gasteiger partial charge in [-0.15, -0.1) is 0 Å². The summed E-state index contributed by atoms with van der Waals surface area (Å²) < 4.78 is 5.94. The highest BCUT2D eigenvalue weighted by molar-refractivity contribution is 9.10. The van der Waals surface area contributed by atoms with Gasteiger partial charge in [-0.25, -0.2) is 0 Å². The van der Waals surface area contributed by atoms with Crippen LogP contribution in [0.2, 0.25) is 0 Å². The van der Waals surface area contributed by atoms with Gasteiger partial charge >= 0.3 is 0 Å². The molecule has 4 aromatic carbocycles. The molecule has 7 rings (SSSR count). The van der Waals surface area contributed by atoms with Crippen molar-refractivity contribution in [1.29, 1.82) is 0 Å². The van der Waals surface area contributed by atoms with Crippen LogP contribution >= 0.6 is 15.9 Å². The third-order valence-electron chi connectivity index (χ3n) is 7.14. The molecule has 1 aliphatic heterocycles. The van der Waals surface area contributed by atoms with Gasteiger partial charge in [-0.1, -0.05) is 66.2 Å². The fraction of sp³-hybridized carbons (Fsp3) is 0.103. The van der Waals surface area contributed by atoms with Gasteiger partial charge in [-0.2, -0.15) is 0 Å². The Bertz CT molecular complexity index is 1700. The van der Waals surface area contributed by atoms with Crippen LogP contribution in [0, 0.1) is 0 Å². The van der Waals surface area contributed by atoms with Crippen LogP contribution in [0.15, 0.2) is 95.6 Å². The molecule has 3 heteroatoms. The van der Waals surface area contributed by atoms with Crippen LogP contribution in [-0.2, 0) is 5.41 Å². The first-order valence-electron chi connectivity index (χ1n) is 11.0. The highest BCUT2D eigenvalue weighted by Gasteiger charge is 2.37. The standard InChI is InChI=1S/C29H21BrN2/c1-29(2)23-10-6-7-11-25(23)31-15-14-18-16-22-21-17-19(30)12-13-24(21)32(20-8-4-3-5-9-20)28(22)26(29)27(18)31/h3-17H,1-2H3. The minimum absolute atomic E-state index is 0.138. The van der Waals surface area contributed by atoms with Crippen LogP contribution in [0.4, 0.5) is 0 Å². The lowest BCUT2D eigenvalue weighted by atomic mass is 9.74. The van der Waals surface area contributed by atoms with Gasteiger partial charge in [0.25, 0.3) is 0 Å². The van der Waals surface area contributed by atoms with Crippen LogP contribution in [0.3, 0.4) is 0 Å². The summed E-state index contributed by atoms with van der Waals surface area (Å²) in [6.45, 7) is 4.75. The SMILES string of the molecule is CC1(C)c2ccccc2-n2ccc3cc4c5cc(Br)ccc5n(-c5ccccc5)c4c1c32. The average molecular weight is 477 g/mol. The van der Waals surface area contributed by atoms with Gasteiger partial charge in [0.2, 0.25) is 0 Å². The summed E-state index contributed by atoms with van der Waals surface area (Å²) in [5.74, 6) is 0. The van der Waals surface area contributed by atoms with Crippen LogP contribution < -0.4 is 0 Å². The number of benzene rings is 4. The van der Waals surface area contributed by atoms with Crippen LogP contribution in [0.5, 0.6) is 0 Å². The van der Waals surface area contributed by atoms with Gasteiger partial charge in [0.1, 0.15) is 0 Å². The molecule has 1 aliphatic rings. The minimum atomic E-state index is -0.138. The normalized spacial score (nSPS) is 14.3. The van der Waals surface area contributed by atoms with Gasteiger partial charge in [0, 0.05) is 49.2 Å². The van der Waals surface area contributed by atoms with Crippen molar-refractivity contribution in [2.75, 3.05) is 0 Å². The molecule has 3 heterocycles. The molecule has 0 bridgehead atoms. The van der Waals surface area contributed by atoms with Crippen LogP contribution in [-0.4, -0.2) is 9.13 Å². The summed E-state index contributed by atoms with van der Waals surface area (Å²) in [4.78, 5) is 0. The lowest BCUT2D eigenvalue weighted by Gasteiger charge is -2.35. The van der Waals surface area contributed by atoms with E-state index in [0.29, 0.717) is 0 Å². The van der Waals surface area contributed by atoms with E-state index in [0.717, 1.165) is 4.47 Å². The maximum absolute atomic E-state index is 3.71. The van der Waals surface area contributed by atoms with E-state index in [1.54, 1.807) is 0 Å². The maximum Gasteiger partial charge on any atom is 0.0603 e. The van der Waals surface area contributed by atoms with Crippen molar-refractivity contribution in [3.8, 4) is 11.4 Å². The Kier molecular flexibility index (Phi) is 3.51. The molecule has 154 valence electrons. The number of halogens is 1. The topological polar surface area (TPSA) is 9.86 Å². The zero-order chi connectivity index (χ0) is 21.6. The molecule has 6 aromatic rings. The van der Waals surface area contributed by atoms with E-state index in [-0.39, 0.29) is 5.41 Å². The fourth-order valence-electron chi connectivity index (χ4n) is 5.76. The fourth-order valence-corrected chi connectivity index (χ4v) is 6.12. The Morgan fingerprint density at radius 2 is 1.53 bits per heavy atom. The predicted molar refractivity (Wildman–Crippen MR) is 137 cm³/mol. The number of hydrogen-bond donors (Lipinski definition) is 0. The zero-order valence-electron chi connectivity index (χ0n) is 17.9. The minimum Gasteiger partial charge on any atom is -0.316 e. The number of para-hydroxylation sites is 2. The molecule has 0 fully saturated rings. The second-order valence-electron chi connectivity index (χ2n) is 9.25. The molecule has 0 aliphatic carbocycles. The molecule has 0 N–H and O–H groups in total. The first-order chi connectivity index (χ1) is 15.6. The molecular formula is C29H21BrN2. The molecule has 0 radical (unpaired) electrons. The summed E-state index contributed by atoms with van der Waals surface area (Å²) in [7, 11) is 0. The van der Waals surface area contributed by atoms with E-state index in [1.165, 1.54) is 55.2 Å². The third-order valence-corrected chi connectivity index (χ3v) is 7.63. The van der Waals surface area contributed by atoms with Crippen molar-refractivity contribution < 1.29 is 0 Å². The quantitative estimate of drug-likeness (QED) is 0.226. The van der Waals surface area contributed by atoms with Crippen molar-refractivity contribution in [3.63, 3.8) is 0 Å². The number of aromatic nitrogens is 2. The van der Waals surface area contributed by atoms with Crippen molar-refractivity contribution in [2.24, 2.45) is 0 Å². The van der Waals surface area contributed by atoms with Gasteiger partial charge in [0.15, 0.2) is 0 Å². The monoisotopic (exact) mass is 476 g/mol. The first kappa shape index (κ1) is 18.3. The van der Waals surface area contributed by atoms with E-state index in [9.17, 15) is 0 Å². The predicted octanol–water partition coefficient (Wildman–Crippen LogP) is 8.13. The summed E-state index contributed by atoms with van der Waals surface area (Å²) >= 11 is 3.71. The summed E-state index contributed by atoms with van der Waals surface area (Å²) in [6.07, 6.45) is 2.23. The van der Waals surface area contributed by atoms with Gasteiger partial charge in [0.05, 0.1) is 16.6 Å². The van der Waals surface area contributed by atoms with E-state index >= 15 is 0 Å². The number of hydrogen-bond acceptors (Lipinski definition) is 0. The van der Waals surface area contributed by atoms with Gasteiger partial charge in [-0.05, 0) is 54.1 Å².